The maximum atomic E-state index is 13.1. The van der Waals surface area contributed by atoms with Gasteiger partial charge >= 0.3 is 0 Å². The fourth-order valence-corrected chi connectivity index (χ4v) is 4.17. The van der Waals surface area contributed by atoms with Gasteiger partial charge in [0.25, 0.3) is 17.7 Å². The van der Waals surface area contributed by atoms with Crippen molar-refractivity contribution < 1.29 is 19.1 Å². The van der Waals surface area contributed by atoms with Crippen LogP contribution in [0.5, 0.6) is 5.75 Å². The first-order chi connectivity index (χ1) is 15.4. The molecule has 2 aliphatic heterocycles. The third-order valence-electron chi connectivity index (χ3n) is 5.62. The Morgan fingerprint density at radius 3 is 2.50 bits per heavy atom. The minimum Gasteiger partial charge on any atom is -0.495 e. The van der Waals surface area contributed by atoms with Crippen molar-refractivity contribution in [3.05, 3.63) is 64.3 Å². The SMILES string of the molecule is COc1ccc(C)cc1N1C(=O)C(Cl)=C(Nc2cccc(C(=O)N3CCCCC3)c2)C1=O. The molecule has 166 valence electrons. The molecule has 32 heavy (non-hydrogen) atoms. The zero-order chi connectivity index (χ0) is 22.8. The Labute approximate surface area is 191 Å². The number of halogens is 1. The van der Waals surface area contributed by atoms with Crippen molar-refractivity contribution in [3.8, 4) is 5.75 Å². The molecule has 0 saturated carbocycles. The second-order valence-corrected chi connectivity index (χ2v) is 8.25. The summed E-state index contributed by atoms with van der Waals surface area (Å²) in [6.07, 6.45) is 3.14. The van der Waals surface area contributed by atoms with E-state index < -0.39 is 11.8 Å². The number of ether oxygens (including phenoxy) is 1. The number of rotatable bonds is 5. The van der Waals surface area contributed by atoms with Gasteiger partial charge in [0.15, 0.2) is 0 Å². The Morgan fingerprint density at radius 2 is 1.78 bits per heavy atom. The number of nitrogens with zero attached hydrogens (tertiary/aromatic N) is 2. The summed E-state index contributed by atoms with van der Waals surface area (Å²) in [5.41, 5.74) is 2.17. The van der Waals surface area contributed by atoms with Gasteiger partial charge in [-0.25, -0.2) is 4.90 Å². The lowest BCUT2D eigenvalue weighted by Gasteiger charge is -2.26. The van der Waals surface area contributed by atoms with Gasteiger partial charge in [0.1, 0.15) is 16.5 Å². The maximum absolute atomic E-state index is 13.1. The summed E-state index contributed by atoms with van der Waals surface area (Å²) in [5.74, 6) is -0.884. The van der Waals surface area contributed by atoms with Crippen LogP contribution in [0.25, 0.3) is 0 Å². The summed E-state index contributed by atoms with van der Waals surface area (Å²) in [4.78, 5) is 41.6. The molecule has 0 radical (unpaired) electrons. The predicted octanol–water partition coefficient (Wildman–Crippen LogP) is 4.07. The van der Waals surface area contributed by atoms with Gasteiger partial charge in [-0.1, -0.05) is 23.7 Å². The fourth-order valence-electron chi connectivity index (χ4n) is 3.96. The number of hydrogen-bond acceptors (Lipinski definition) is 5. The highest BCUT2D eigenvalue weighted by Crippen LogP contribution is 2.36. The van der Waals surface area contributed by atoms with Crippen LogP contribution in [0.1, 0.15) is 35.2 Å². The lowest BCUT2D eigenvalue weighted by Crippen LogP contribution is -2.35. The normalized spacial score (nSPS) is 16.6. The molecular formula is C24H24ClN3O4. The molecule has 8 heteroatoms. The van der Waals surface area contributed by atoms with E-state index in [2.05, 4.69) is 5.32 Å². The highest BCUT2D eigenvalue weighted by Gasteiger charge is 2.40. The average molecular weight is 454 g/mol. The van der Waals surface area contributed by atoms with E-state index in [0.717, 1.165) is 42.8 Å². The van der Waals surface area contributed by atoms with E-state index in [1.807, 2.05) is 17.9 Å². The Bertz CT molecular complexity index is 1120. The van der Waals surface area contributed by atoms with Gasteiger partial charge in [-0.15, -0.1) is 0 Å². The number of hydrogen-bond donors (Lipinski definition) is 1. The monoisotopic (exact) mass is 453 g/mol. The van der Waals surface area contributed by atoms with Crippen LogP contribution in [-0.4, -0.2) is 42.8 Å². The summed E-state index contributed by atoms with van der Waals surface area (Å²) in [7, 11) is 1.47. The van der Waals surface area contributed by atoms with Gasteiger partial charge in [-0.2, -0.15) is 0 Å². The van der Waals surface area contributed by atoms with Crippen LogP contribution in [-0.2, 0) is 9.59 Å². The van der Waals surface area contributed by atoms with Gasteiger partial charge in [0.2, 0.25) is 0 Å². The minimum absolute atomic E-state index is 0.0391. The standard InChI is InChI=1S/C24H24ClN3O4/c1-15-9-10-19(32-2)18(13-15)28-23(30)20(25)21(24(28)31)26-17-8-6-7-16(14-17)22(29)27-11-4-3-5-12-27/h6-10,13-14,26H,3-5,11-12H2,1-2H3. The first-order valence-corrected chi connectivity index (χ1v) is 10.9. The number of methoxy groups -OCH3 is 1. The van der Waals surface area contributed by atoms with Gasteiger partial charge in [0.05, 0.1) is 12.8 Å². The molecule has 2 aromatic carbocycles. The van der Waals surface area contributed by atoms with E-state index in [1.165, 1.54) is 7.11 Å². The molecule has 3 amide bonds. The van der Waals surface area contributed by atoms with Crippen molar-refractivity contribution >= 4 is 40.7 Å². The number of likely N-dealkylation sites (tertiary alicyclic amines) is 1. The van der Waals surface area contributed by atoms with Crippen molar-refractivity contribution in [1.82, 2.24) is 4.90 Å². The van der Waals surface area contributed by atoms with Gasteiger partial charge < -0.3 is 15.0 Å². The number of carbonyl (C=O) groups is 3. The zero-order valence-electron chi connectivity index (χ0n) is 18.0. The molecule has 2 aromatic rings. The van der Waals surface area contributed by atoms with Crippen LogP contribution in [0.3, 0.4) is 0 Å². The Balaban J connectivity index is 1.59. The number of benzene rings is 2. The number of imide groups is 1. The van der Waals surface area contributed by atoms with Gasteiger partial charge in [-0.3, -0.25) is 14.4 Å². The highest BCUT2D eigenvalue weighted by atomic mass is 35.5. The Morgan fingerprint density at radius 1 is 1.03 bits per heavy atom. The van der Waals surface area contributed by atoms with Crippen molar-refractivity contribution in [3.63, 3.8) is 0 Å². The summed E-state index contributed by atoms with van der Waals surface area (Å²) < 4.78 is 5.33. The summed E-state index contributed by atoms with van der Waals surface area (Å²) in [5, 5.41) is 2.73. The first kappa shape index (κ1) is 21.9. The number of nitrogens with one attached hydrogen (secondary N) is 1. The molecule has 1 saturated heterocycles. The molecule has 0 aromatic heterocycles. The molecule has 7 nitrogen and oxygen atoms in total. The molecule has 2 heterocycles. The van der Waals surface area contributed by atoms with E-state index >= 15 is 0 Å². The third kappa shape index (κ3) is 4.08. The summed E-state index contributed by atoms with van der Waals surface area (Å²) >= 11 is 6.27. The number of amides is 3. The molecule has 1 fully saturated rings. The lowest BCUT2D eigenvalue weighted by atomic mass is 10.1. The molecule has 0 aliphatic carbocycles. The van der Waals surface area contributed by atoms with E-state index in [0.29, 0.717) is 22.7 Å². The van der Waals surface area contributed by atoms with Crippen LogP contribution >= 0.6 is 11.6 Å². The van der Waals surface area contributed by atoms with Crippen LogP contribution in [0, 0.1) is 6.92 Å². The number of aryl methyl sites for hydroxylation is 1. The van der Waals surface area contributed by atoms with Crippen molar-refractivity contribution in [1.29, 1.82) is 0 Å². The smallest absolute Gasteiger partial charge is 0.283 e. The molecule has 1 N–H and O–H groups in total. The molecule has 0 atom stereocenters. The van der Waals surface area contributed by atoms with Crippen molar-refractivity contribution in [2.45, 2.75) is 26.2 Å². The molecule has 0 unspecified atom stereocenters. The van der Waals surface area contributed by atoms with E-state index in [-0.39, 0.29) is 16.6 Å². The van der Waals surface area contributed by atoms with Crippen LogP contribution in [0.15, 0.2) is 53.2 Å². The number of anilines is 2. The Kier molecular flexibility index (Phi) is 6.19. The third-order valence-corrected chi connectivity index (χ3v) is 5.98. The summed E-state index contributed by atoms with van der Waals surface area (Å²) in [6.45, 7) is 3.34. The molecule has 0 spiro atoms. The van der Waals surface area contributed by atoms with Crippen LogP contribution in [0.4, 0.5) is 11.4 Å². The predicted molar refractivity (Wildman–Crippen MR) is 123 cm³/mol. The van der Waals surface area contributed by atoms with Crippen LogP contribution < -0.4 is 15.0 Å². The minimum atomic E-state index is -0.636. The number of piperidine rings is 1. The van der Waals surface area contributed by atoms with E-state index in [1.54, 1.807) is 36.4 Å². The molecular weight excluding hydrogens is 430 g/mol. The first-order valence-electron chi connectivity index (χ1n) is 10.5. The largest absolute Gasteiger partial charge is 0.495 e. The second-order valence-electron chi connectivity index (χ2n) is 7.87. The van der Waals surface area contributed by atoms with Gasteiger partial charge in [0, 0.05) is 24.3 Å². The topological polar surface area (TPSA) is 79.0 Å². The van der Waals surface area contributed by atoms with E-state index in [4.69, 9.17) is 16.3 Å². The second kappa shape index (κ2) is 9.04. The number of carbonyl (C=O) groups excluding carboxylic acids is 3. The van der Waals surface area contributed by atoms with Crippen LogP contribution in [0.2, 0.25) is 0 Å². The average Bonchev–Trinajstić information content (AvgIpc) is 3.02. The summed E-state index contributed by atoms with van der Waals surface area (Å²) in [6, 6.07) is 12.1. The van der Waals surface area contributed by atoms with E-state index in [9.17, 15) is 14.4 Å². The van der Waals surface area contributed by atoms with Crippen molar-refractivity contribution in [2.75, 3.05) is 30.4 Å². The zero-order valence-corrected chi connectivity index (χ0v) is 18.7. The highest BCUT2D eigenvalue weighted by molar-refractivity contribution is 6.53. The van der Waals surface area contributed by atoms with Gasteiger partial charge in [-0.05, 0) is 62.1 Å². The molecule has 4 rings (SSSR count). The van der Waals surface area contributed by atoms with Crippen molar-refractivity contribution in [2.24, 2.45) is 0 Å². The molecule has 2 aliphatic rings. The fraction of sp³-hybridized carbons (Fsp3) is 0.292. The maximum Gasteiger partial charge on any atom is 0.283 e. The Hall–Kier alpha value is -3.32. The lowest BCUT2D eigenvalue weighted by molar-refractivity contribution is -0.120. The quantitative estimate of drug-likeness (QED) is 0.690. The molecule has 0 bridgehead atoms.